The summed E-state index contributed by atoms with van der Waals surface area (Å²) < 4.78 is 39.0. The number of hydrogen-bond acceptors (Lipinski definition) is 5. The molecule has 25 heavy (non-hydrogen) atoms. The van der Waals surface area contributed by atoms with E-state index in [9.17, 15) is 8.42 Å². The Morgan fingerprint density at radius 1 is 1.36 bits per heavy atom. The molecule has 0 amide bonds. The lowest BCUT2D eigenvalue weighted by Crippen LogP contribution is -2.38. The molecule has 1 aliphatic heterocycles. The molecule has 1 fully saturated rings. The second-order valence-electron chi connectivity index (χ2n) is 6.38. The van der Waals surface area contributed by atoms with Gasteiger partial charge in [0.1, 0.15) is 5.75 Å². The van der Waals surface area contributed by atoms with Gasteiger partial charge in [0.2, 0.25) is 10.0 Å². The van der Waals surface area contributed by atoms with E-state index in [2.05, 4.69) is 0 Å². The first-order valence-corrected chi connectivity index (χ1v) is 9.90. The molecule has 0 spiro atoms. The van der Waals surface area contributed by atoms with Gasteiger partial charge in [-0.15, -0.1) is 0 Å². The van der Waals surface area contributed by atoms with Crippen LogP contribution >= 0.6 is 0 Å². The van der Waals surface area contributed by atoms with Crippen molar-refractivity contribution in [2.75, 3.05) is 26.8 Å². The number of hydrogen-bond donors (Lipinski definition) is 0. The van der Waals surface area contributed by atoms with Gasteiger partial charge in [0.05, 0.1) is 24.2 Å². The molecule has 138 valence electrons. The lowest BCUT2D eigenvalue weighted by molar-refractivity contribution is 0.0941. The summed E-state index contributed by atoms with van der Waals surface area (Å²) in [5, 5.41) is 8.91. The summed E-state index contributed by atoms with van der Waals surface area (Å²) in [4.78, 5) is 0.307. The third-order valence-electron chi connectivity index (χ3n) is 4.70. The molecule has 0 aromatic heterocycles. The molecule has 6 nitrogen and oxygen atoms in total. The Kier molecular flexibility index (Phi) is 6.44. The molecule has 7 heteroatoms. The van der Waals surface area contributed by atoms with E-state index in [0.29, 0.717) is 28.4 Å². The van der Waals surface area contributed by atoms with Crippen molar-refractivity contribution in [2.24, 2.45) is 0 Å². The van der Waals surface area contributed by atoms with Gasteiger partial charge in [-0.3, -0.25) is 0 Å². The third kappa shape index (κ3) is 4.14. The van der Waals surface area contributed by atoms with E-state index in [-0.39, 0.29) is 25.6 Å². The van der Waals surface area contributed by atoms with Gasteiger partial charge < -0.3 is 9.47 Å². The number of rotatable bonds is 7. The van der Waals surface area contributed by atoms with Crippen LogP contribution in [0.5, 0.6) is 5.75 Å². The summed E-state index contributed by atoms with van der Waals surface area (Å²) in [5.74, 6) is 0.677. The van der Waals surface area contributed by atoms with Crippen molar-refractivity contribution < 1.29 is 17.9 Å². The van der Waals surface area contributed by atoms with Crippen molar-refractivity contribution in [2.45, 2.75) is 51.0 Å². The first-order valence-electron chi connectivity index (χ1n) is 8.46. The number of aryl methyl sites for hydroxylation is 1. The van der Waals surface area contributed by atoms with E-state index in [1.807, 2.05) is 13.0 Å². The Morgan fingerprint density at radius 3 is 2.64 bits per heavy atom. The highest BCUT2D eigenvalue weighted by molar-refractivity contribution is 7.89. The van der Waals surface area contributed by atoms with Crippen LogP contribution < -0.4 is 4.74 Å². The number of nitrogens with zero attached hydrogens (tertiary/aromatic N) is 2. The van der Waals surface area contributed by atoms with Gasteiger partial charge in [-0.25, -0.2) is 8.42 Å². The molecule has 0 bridgehead atoms. The average molecular weight is 366 g/mol. The number of nitriles is 1. The molecular formula is C18H26N2O4S. The fourth-order valence-corrected chi connectivity index (χ4v) is 5.22. The number of ether oxygens (including phenoxy) is 2. The molecule has 1 aliphatic rings. The summed E-state index contributed by atoms with van der Waals surface area (Å²) in [6.07, 6.45) is 1.84. The Morgan fingerprint density at radius 2 is 2.08 bits per heavy atom. The van der Waals surface area contributed by atoms with Crippen molar-refractivity contribution in [1.29, 1.82) is 5.26 Å². The fourth-order valence-electron chi connectivity index (χ4n) is 3.26. The molecule has 1 saturated heterocycles. The van der Waals surface area contributed by atoms with Crippen LogP contribution in [-0.4, -0.2) is 45.6 Å². The number of sulfonamides is 1. The lowest BCUT2D eigenvalue weighted by atomic mass is 10.1. The van der Waals surface area contributed by atoms with Crippen LogP contribution in [0.2, 0.25) is 0 Å². The minimum Gasteiger partial charge on any atom is -0.496 e. The molecule has 1 unspecified atom stereocenters. The van der Waals surface area contributed by atoms with Crippen molar-refractivity contribution >= 4 is 10.0 Å². The van der Waals surface area contributed by atoms with Crippen LogP contribution in [0.15, 0.2) is 11.0 Å². The highest BCUT2D eigenvalue weighted by Gasteiger charge is 2.32. The van der Waals surface area contributed by atoms with Crippen LogP contribution in [0.3, 0.4) is 0 Å². The van der Waals surface area contributed by atoms with Gasteiger partial charge >= 0.3 is 0 Å². The van der Waals surface area contributed by atoms with Crippen LogP contribution in [0, 0.1) is 32.1 Å². The lowest BCUT2D eigenvalue weighted by Gasteiger charge is -2.26. The van der Waals surface area contributed by atoms with Crippen LogP contribution in [0.1, 0.15) is 36.0 Å². The molecular weight excluding hydrogens is 340 g/mol. The molecule has 1 aromatic rings. The van der Waals surface area contributed by atoms with E-state index in [4.69, 9.17) is 14.7 Å². The SMILES string of the molecule is COc1cc(C)c(S(=O)(=O)N(CCC#N)CC2CCCO2)c(C)c1C. The molecule has 1 aromatic carbocycles. The van der Waals surface area contributed by atoms with Crippen molar-refractivity contribution in [3.05, 3.63) is 22.8 Å². The van der Waals surface area contributed by atoms with Crippen LogP contribution in [0.4, 0.5) is 0 Å². The van der Waals surface area contributed by atoms with Crippen LogP contribution in [-0.2, 0) is 14.8 Å². The smallest absolute Gasteiger partial charge is 0.243 e. The Labute approximate surface area is 150 Å². The van der Waals surface area contributed by atoms with Gasteiger partial charge in [-0.05, 0) is 56.4 Å². The van der Waals surface area contributed by atoms with E-state index < -0.39 is 10.0 Å². The maximum atomic E-state index is 13.3. The summed E-state index contributed by atoms with van der Waals surface area (Å²) in [5.41, 5.74) is 2.14. The second kappa shape index (κ2) is 8.17. The normalized spacial score (nSPS) is 17.7. The maximum Gasteiger partial charge on any atom is 0.243 e. The van der Waals surface area contributed by atoms with Crippen LogP contribution in [0.25, 0.3) is 0 Å². The zero-order valence-corrected chi connectivity index (χ0v) is 16.1. The van der Waals surface area contributed by atoms with Crippen molar-refractivity contribution in [1.82, 2.24) is 4.31 Å². The first kappa shape index (κ1) is 19.7. The molecule has 0 radical (unpaired) electrons. The van der Waals surface area contributed by atoms with Gasteiger partial charge in [0, 0.05) is 26.1 Å². The van der Waals surface area contributed by atoms with E-state index in [0.717, 1.165) is 18.4 Å². The standard InChI is InChI=1S/C18H26N2O4S/c1-13-11-17(23-4)14(2)15(3)18(13)25(21,22)20(9-6-8-19)12-16-7-5-10-24-16/h11,16H,5-7,9-10,12H2,1-4H3. The summed E-state index contributed by atoms with van der Waals surface area (Å²) in [6, 6.07) is 3.79. The maximum absolute atomic E-state index is 13.3. The molecule has 0 N–H and O–H groups in total. The van der Waals surface area contributed by atoms with Crippen molar-refractivity contribution in [3.63, 3.8) is 0 Å². The zero-order chi connectivity index (χ0) is 18.6. The van der Waals surface area contributed by atoms with Gasteiger partial charge in [0.25, 0.3) is 0 Å². The summed E-state index contributed by atoms with van der Waals surface area (Å²) in [6.45, 7) is 6.54. The third-order valence-corrected chi connectivity index (χ3v) is 6.86. The minimum atomic E-state index is -3.72. The molecule has 1 heterocycles. The summed E-state index contributed by atoms with van der Waals surface area (Å²) in [7, 11) is -2.15. The van der Waals surface area contributed by atoms with E-state index in [1.165, 1.54) is 4.31 Å². The zero-order valence-electron chi connectivity index (χ0n) is 15.3. The predicted octanol–water partition coefficient (Wildman–Crippen LogP) is 2.70. The van der Waals surface area contributed by atoms with E-state index >= 15 is 0 Å². The average Bonchev–Trinajstić information content (AvgIpc) is 3.07. The first-order chi connectivity index (χ1) is 11.8. The molecule has 1 atom stereocenters. The largest absolute Gasteiger partial charge is 0.496 e. The quantitative estimate of drug-likeness (QED) is 0.741. The van der Waals surface area contributed by atoms with Crippen molar-refractivity contribution in [3.8, 4) is 11.8 Å². The molecule has 0 saturated carbocycles. The Bertz CT molecular complexity index is 762. The monoisotopic (exact) mass is 366 g/mol. The Balaban J connectivity index is 2.45. The minimum absolute atomic E-state index is 0.103. The second-order valence-corrected chi connectivity index (χ2v) is 8.26. The predicted molar refractivity (Wildman–Crippen MR) is 95.2 cm³/mol. The fraction of sp³-hybridized carbons (Fsp3) is 0.611. The summed E-state index contributed by atoms with van der Waals surface area (Å²) >= 11 is 0. The number of methoxy groups -OCH3 is 1. The highest BCUT2D eigenvalue weighted by Crippen LogP contribution is 2.32. The number of benzene rings is 1. The molecule has 2 rings (SSSR count). The topological polar surface area (TPSA) is 79.6 Å². The van der Waals surface area contributed by atoms with E-state index in [1.54, 1.807) is 27.0 Å². The highest BCUT2D eigenvalue weighted by atomic mass is 32.2. The van der Waals surface area contributed by atoms with Gasteiger partial charge in [-0.1, -0.05) is 0 Å². The molecule has 0 aliphatic carbocycles. The van der Waals surface area contributed by atoms with Gasteiger partial charge in [0.15, 0.2) is 0 Å². The van der Waals surface area contributed by atoms with Gasteiger partial charge in [-0.2, -0.15) is 9.57 Å². The Hall–Kier alpha value is -1.62.